The normalized spacial score (nSPS) is 19.6. The third-order valence-corrected chi connectivity index (χ3v) is 1.75. The van der Waals surface area contributed by atoms with E-state index in [0.717, 1.165) is 18.3 Å². The van der Waals surface area contributed by atoms with Gasteiger partial charge in [-0.2, -0.15) is 0 Å². The fourth-order valence-corrected chi connectivity index (χ4v) is 1.17. The minimum absolute atomic E-state index is 0.250. The molecule has 1 unspecified atom stereocenters. The molecule has 1 atom stereocenters. The molecule has 0 aliphatic heterocycles. The summed E-state index contributed by atoms with van der Waals surface area (Å²) >= 11 is 0. The van der Waals surface area contributed by atoms with E-state index >= 15 is 0 Å². The largest absolute Gasteiger partial charge is 0.397 e. The molecule has 2 heteroatoms. The molecule has 1 aliphatic carbocycles. The van der Waals surface area contributed by atoms with Crippen LogP contribution in [-0.4, -0.2) is 18.0 Å². The van der Waals surface area contributed by atoms with E-state index in [2.05, 4.69) is 12.7 Å². The van der Waals surface area contributed by atoms with E-state index in [9.17, 15) is 4.79 Å². The maximum Gasteiger partial charge on any atom is 0.120 e. The fraction of sp³-hybridized carbons (Fsp3) is 0.417. The molecule has 0 saturated carbocycles. The van der Waals surface area contributed by atoms with Crippen LogP contribution in [-0.2, 0) is 4.79 Å². The summed E-state index contributed by atoms with van der Waals surface area (Å²) in [5, 5.41) is 7.57. The summed E-state index contributed by atoms with van der Waals surface area (Å²) in [4.78, 5) is 10.2. The van der Waals surface area contributed by atoms with E-state index in [1.54, 1.807) is 6.92 Å². The summed E-state index contributed by atoms with van der Waals surface area (Å²) in [5.41, 5.74) is 1.10. The van der Waals surface area contributed by atoms with Crippen LogP contribution in [0.15, 0.2) is 36.5 Å². The molecule has 0 aromatic rings. The first-order valence-corrected chi connectivity index (χ1v) is 4.81. The molecule has 14 heavy (non-hydrogen) atoms. The van der Waals surface area contributed by atoms with Gasteiger partial charge in [0.25, 0.3) is 0 Å². The molecule has 0 aromatic carbocycles. The van der Waals surface area contributed by atoms with Crippen molar-refractivity contribution in [1.82, 2.24) is 0 Å². The van der Waals surface area contributed by atoms with Crippen LogP contribution in [0.1, 0.15) is 19.8 Å². The van der Waals surface area contributed by atoms with Crippen molar-refractivity contribution in [2.75, 3.05) is 6.61 Å². The lowest BCUT2D eigenvalue weighted by Gasteiger charge is -2.05. The van der Waals surface area contributed by atoms with Gasteiger partial charge in [-0.15, -0.1) is 0 Å². The Hall–Kier alpha value is -1.15. The van der Waals surface area contributed by atoms with Gasteiger partial charge in [0.2, 0.25) is 0 Å². The number of aliphatic hydroxyl groups excluding tert-OH is 1. The lowest BCUT2D eigenvalue weighted by molar-refractivity contribution is -0.108. The van der Waals surface area contributed by atoms with Crippen LogP contribution < -0.4 is 0 Å². The van der Waals surface area contributed by atoms with E-state index < -0.39 is 0 Å². The number of aliphatic hydroxyl groups is 1. The van der Waals surface area contributed by atoms with E-state index in [1.807, 2.05) is 18.2 Å². The van der Waals surface area contributed by atoms with Crippen LogP contribution in [0.3, 0.4) is 0 Å². The molecule has 0 spiro atoms. The Kier molecular flexibility index (Phi) is 7.75. The van der Waals surface area contributed by atoms with Gasteiger partial charge in [-0.05, 0) is 19.3 Å². The first-order chi connectivity index (χ1) is 6.74. The predicted octanol–water partition coefficient (Wildman–Crippen LogP) is 2.26. The average molecular weight is 194 g/mol. The Morgan fingerprint density at radius 3 is 2.86 bits per heavy atom. The summed E-state index contributed by atoms with van der Waals surface area (Å²) in [6.45, 7) is 5.79. The van der Waals surface area contributed by atoms with E-state index in [4.69, 9.17) is 5.11 Å². The highest BCUT2D eigenvalue weighted by atomic mass is 16.2. The summed E-state index contributed by atoms with van der Waals surface area (Å²) in [6, 6.07) is 0. The molecule has 0 saturated heterocycles. The zero-order valence-electron chi connectivity index (χ0n) is 8.65. The molecular weight excluding hydrogens is 176 g/mol. The minimum atomic E-state index is 0.250. The highest BCUT2D eigenvalue weighted by Gasteiger charge is 2.05. The Bertz CT molecular complexity index is 226. The van der Waals surface area contributed by atoms with Crippen molar-refractivity contribution in [2.24, 2.45) is 5.92 Å². The zero-order chi connectivity index (χ0) is 10.8. The second kappa shape index (κ2) is 8.45. The quantitative estimate of drug-likeness (QED) is 0.685. The monoisotopic (exact) mass is 194 g/mol. The Morgan fingerprint density at radius 2 is 2.29 bits per heavy atom. The number of carbonyl (C=O) groups excluding carboxylic acids is 1. The summed E-state index contributed by atoms with van der Waals surface area (Å²) in [6.07, 6.45) is 10.5. The van der Waals surface area contributed by atoms with E-state index in [-0.39, 0.29) is 6.61 Å². The van der Waals surface area contributed by atoms with Crippen molar-refractivity contribution in [3.8, 4) is 0 Å². The maximum atomic E-state index is 10.2. The van der Waals surface area contributed by atoms with Gasteiger partial charge in [0.05, 0.1) is 0 Å². The van der Waals surface area contributed by atoms with Crippen LogP contribution in [0, 0.1) is 5.92 Å². The second-order valence-electron chi connectivity index (χ2n) is 3.09. The van der Waals surface area contributed by atoms with E-state index in [1.165, 1.54) is 0 Å². The van der Waals surface area contributed by atoms with Crippen LogP contribution in [0.25, 0.3) is 0 Å². The van der Waals surface area contributed by atoms with Gasteiger partial charge in [0, 0.05) is 13.0 Å². The summed E-state index contributed by atoms with van der Waals surface area (Å²) in [7, 11) is 0. The highest BCUT2D eigenvalue weighted by molar-refractivity contribution is 5.50. The number of rotatable bonds is 2. The molecule has 0 radical (unpaired) electrons. The molecule has 0 amide bonds. The molecule has 1 aliphatic rings. The lowest BCUT2D eigenvalue weighted by atomic mass is 9.99. The molecule has 0 aromatic heterocycles. The lowest BCUT2D eigenvalue weighted by Crippen LogP contribution is -1.96. The average Bonchev–Trinajstić information content (AvgIpc) is 2.32. The van der Waals surface area contributed by atoms with Crippen molar-refractivity contribution >= 4 is 6.29 Å². The van der Waals surface area contributed by atoms with Crippen molar-refractivity contribution in [3.63, 3.8) is 0 Å². The Labute approximate surface area is 85.6 Å². The molecule has 0 heterocycles. The second-order valence-corrected chi connectivity index (χ2v) is 3.09. The molecule has 1 rings (SSSR count). The Balaban J connectivity index is 0.000000500. The number of aldehydes is 1. The molecule has 1 N–H and O–H groups in total. The number of allylic oxidation sites excluding steroid dienone is 5. The van der Waals surface area contributed by atoms with Crippen LogP contribution in [0.4, 0.5) is 0 Å². The first kappa shape index (κ1) is 12.8. The van der Waals surface area contributed by atoms with Gasteiger partial charge in [-0.3, -0.25) is 0 Å². The predicted molar refractivity (Wildman–Crippen MR) is 59.0 cm³/mol. The summed E-state index contributed by atoms with van der Waals surface area (Å²) in [5.74, 6) is 0.356. The molecule has 78 valence electrons. The van der Waals surface area contributed by atoms with Crippen LogP contribution in [0.2, 0.25) is 0 Å². The van der Waals surface area contributed by atoms with Gasteiger partial charge in [0.15, 0.2) is 0 Å². The number of hydrogen-bond acceptors (Lipinski definition) is 2. The fourth-order valence-electron chi connectivity index (χ4n) is 1.17. The maximum absolute atomic E-state index is 10.2. The third kappa shape index (κ3) is 6.38. The topological polar surface area (TPSA) is 37.3 Å². The standard InChI is InChI=1S/C10H12O.C2H6O/c1-9-4-2-3-5-10(8-9)6-7-11;1-2-3/h2-5,7,10H,1,6,8H2;3H,2H2,1H3. The molecule has 2 nitrogen and oxygen atoms in total. The van der Waals surface area contributed by atoms with Crippen molar-refractivity contribution < 1.29 is 9.90 Å². The molecular formula is C12H18O2. The number of carbonyl (C=O) groups is 1. The smallest absolute Gasteiger partial charge is 0.120 e. The van der Waals surface area contributed by atoms with Crippen LogP contribution in [0.5, 0.6) is 0 Å². The van der Waals surface area contributed by atoms with Crippen molar-refractivity contribution in [1.29, 1.82) is 0 Å². The molecule has 0 fully saturated rings. The van der Waals surface area contributed by atoms with Gasteiger partial charge >= 0.3 is 0 Å². The van der Waals surface area contributed by atoms with Gasteiger partial charge in [-0.1, -0.05) is 36.5 Å². The van der Waals surface area contributed by atoms with Gasteiger partial charge < -0.3 is 9.90 Å². The SMILES string of the molecule is C=C1C=CC=CC(CC=O)C1.CCO. The van der Waals surface area contributed by atoms with Gasteiger partial charge in [0.1, 0.15) is 6.29 Å². The molecule has 0 bridgehead atoms. The van der Waals surface area contributed by atoms with Crippen LogP contribution >= 0.6 is 0 Å². The Morgan fingerprint density at radius 1 is 1.64 bits per heavy atom. The first-order valence-electron chi connectivity index (χ1n) is 4.81. The van der Waals surface area contributed by atoms with Crippen molar-refractivity contribution in [3.05, 3.63) is 36.5 Å². The van der Waals surface area contributed by atoms with E-state index in [0.29, 0.717) is 12.3 Å². The summed E-state index contributed by atoms with van der Waals surface area (Å²) < 4.78 is 0. The van der Waals surface area contributed by atoms with Gasteiger partial charge in [-0.25, -0.2) is 0 Å². The highest BCUT2D eigenvalue weighted by Crippen LogP contribution is 2.18. The number of hydrogen-bond donors (Lipinski definition) is 1. The minimum Gasteiger partial charge on any atom is -0.397 e. The van der Waals surface area contributed by atoms with Crippen molar-refractivity contribution in [2.45, 2.75) is 19.8 Å². The zero-order valence-corrected chi connectivity index (χ0v) is 8.65. The third-order valence-electron chi connectivity index (χ3n) is 1.75.